The lowest BCUT2D eigenvalue weighted by Crippen LogP contribution is -2.46. The first-order valence-corrected chi connectivity index (χ1v) is 26.8. The van der Waals surface area contributed by atoms with Crippen molar-refractivity contribution in [1.82, 2.24) is 5.32 Å². The van der Waals surface area contributed by atoms with Gasteiger partial charge in [-0.3, -0.25) is 9.59 Å². The summed E-state index contributed by atoms with van der Waals surface area (Å²) in [5.41, 5.74) is 0. The van der Waals surface area contributed by atoms with Crippen LogP contribution in [0.5, 0.6) is 0 Å². The number of nitrogens with one attached hydrogen (secondary N) is 1. The van der Waals surface area contributed by atoms with Gasteiger partial charge in [-0.15, -0.1) is 0 Å². The van der Waals surface area contributed by atoms with Crippen LogP contribution in [0.1, 0.15) is 303 Å². The van der Waals surface area contributed by atoms with Gasteiger partial charge < -0.3 is 20.3 Å². The Morgan fingerprint density at radius 1 is 0.424 bits per heavy atom. The van der Waals surface area contributed by atoms with E-state index in [1.165, 1.54) is 218 Å². The van der Waals surface area contributed by atoms with E-state index in [0.717, 1.165) is 38.5 Å². The number of amides is 1. The number of carbonyl (C=O) groups is 2. The monoisotopic (exact) mass is 836 g/mol. The third-order valence-electron chi connectivity index (χ3n) is 12.7. The summed E-state index contributed by atoms with van der Waals surface area (Å²) in [6.07, 6.45) is 51.7. The van der Waals surface area contributed by atoms with E-state index < -0.39 is 18.2 Å². The SMILES string of the molecule is CCCCCCCCCCCCCCCCCCCCC(=O)OC(CCCCCCCCCCCC)CC(=O)NC(CO)C(O)CCCCCCCCCCCCCC. The predicted molar refractivity (Wildman–Crippen MR) is 255 cm³/mol. The highest BCUT2D eigenvalue weighted by Crippen LogP contribution is 2.19. The smallest absolute Gasteiger partial charge is 0.306 e. The van der Waals surface area contributed by atoms with E-state index in [2.05, 4.69) is 26.1 Å². The third kappa shape index (κ3) is 43.3. The van der Waals surface area contributed by atoms with Crippen molar-refractivity contribution in [2.75, 3.05) is 6.61 Å². The highest BCUT2D eigenvalue weighted by molar-refractivity contribution is 5.77. The molecule has 0 rings (SSSR count). The van der Waals surface area contributed by atoms with Gasteiger partial charge in [0, 0.05) is 6.42 Å². The van der Waals surface area contributed by atoms with Crippen molar-refractivity contribution in [3.8, 4) is 0 Å². The summed E-state index contributed by atoms with van der Waals surface area (Å²) in [5, 5.41) is 23.7. The van der Waals surface area contributed by atoms with Crippen LogP contribution in [0.4, 0.5) is 0 Å². The molecule has 0 saturated carbocycles. The maximum Gasteiger partial charge on any atom is 0.306 e. The van der Waals surface area contributed by atoms with Gasteiger partial charge in [-0.25, -0.2) is 0 Å². The number of unbranched alkanes of at least 4 members (excludes halogenated alkanes) is 37. The number of hydrogen-bond donors (Lipinski definition) is 3. The molecular weight excluding hydrogens is 731 g/mol. The topological polar surface area (TPSA) is 95.9 Å². The molecule has 3 N–H and O–H groups in total. The van der Waals surface area contributed by atoms with Gasteiger partial charge in [0.2, 0.25) is 5.91 Å². The van der Waals surface area contributed by atoms with Crippen molar-refractivity contribution in [2.45, 2.75) is 322 Å². The zero-order valence-electron chi connectivity index (χ0n) is 40.2. The third-order valence-corrected chi connectivity index (χ3v) is 12.7. The van der Waals surface area contributed by atoms with Crippen LogP contribution >= 0.6 is 0 Å². The number of aliphatic hydroxyl groups is 2. The molecule has 6 nitrogen and oxygen atoms in total. The largest absolute Gasteiger partial charge is 0.462 e. The van der Waals surface area contributed by atoms with Gasteiger partial charge in [-0.2, -0.15) is 0 Å². The average Bonchev–Trinajstić information content (AvgIpc) is 3.23. The first-order valence-electron chi connectivity index (χ1n) is 26.8. The Hall–Kier alpha value is -1.14. The summed E-state index contributed by atoms with van der Waals surface area (Å²) < 4.78 is 5.94. The Bertz CT molecular complexity index is 852. The molecular formula is C53H105NO5. The quantitative estimate of drug-likeness (QED) is 0.0419. The first kappa shape index (κ1) is 57.9. The highest BCUT2D eigenvalue weighted by atomic mass is 16.5. The molecule has 0 aromatic rings. The van der Waals surface area contributed by atoms with E-state index in [4.69, 9.17) is 4.74 Å². The van der Waals surface area contributed by atoms with E-state index >= 15 is 0 Å². The normalized spacial score (nSPS) is 13.1. The fraction of sp³-hybridized carbons (Fsp3) is 0.962. The molecule has 0 saturated heterocycles. The van der Waals surface area contributed by atoms with Gasteiger partial charge in [0.1, 0.15) is 6.10 Å². The van der Waals surface area contributed by atoms with Gasteiger partial charge in [0.25, 0.3) is 0 Å². The predicted octanol–water partition coefficient (Wildman–Crippen LogP) is 16.0. The average molecular weight is 836 g/mol. The molecule has 0 fully saturated rings. The molecule has 6 heteroatoms. The summed E-state index contributed by atoms with van der Waals surface area (Å²) in [6, 6.07) is -0.691. The van der Waals surface area contributed by atoms with Gasteiger partial charge in [0.05, 0.1) is 25.2 Å². The molecule has 3 unspecified atom stereocenters. The Balaban J connectivity index is 4.40. The fourth-order valence-electron chi connectivity index (χ4n) is 8.61. The number of ether oxygens (including phenoxy) is 1. The van der Waals surface area contributed by atoms with Gasteiger partial charge in [0.15, 0.2) is 0 Å². The fourth-order valence-corrected chi connectivity index (χ4v) is 8.61. The molecule has 0 heterocycles. The van der Waals surface area contributed by atoms with Crippen LogP contribution in [0.15, 0.2) is 0 Å². The molecule has 3 atom stereocenters. The van der Waals surface area contributed by atoms with E-state index in [1.54, 1.807) is 0 Å². The van der Waals surface area contributed by atoms with Crippen molar-refractivity contribution in [1.29, 1.82) is 0 Å². The number of esters is 1. The lowest BCUT2D eigenvalue weighted by atomic mass is 10.0. The summed E-state index contributed by atoms with van der Waals surface area (Å²) >= 11 is 0. The van der Waals surface area contributed by atoms with Crippen molar-refractivity contribution in [2.24, 2.45) is 0 Å². The van der Waals surface area contributed by atoms with Crippen molar-refractivity contribution in [3.63, 3.8) is 0 Å². The Kier molecular flexibility index (Phi) is 47.0. The molecule has 0 radical (unpaired) electrons. The molecule has 0 aliphatic carbocycles. The molecule has 0 aromatic heterocycles. The second-order valence-corrected chi connectivity index (χ2v) is 18.6. The minimum absolute atomic E-state index is 0.0874. The Morgan fingerprint density at radius 3 is 1.03 bits per heavy atom. The van der Waals surface area contributed by atoms with Crippen LogP contribution in [0.3, 0.4) is 0 Å². The number of carbonyl (C=O) groups excluding carboxylic acids is 2. The number of rotatable bonds is 49. The molecule has 0 aliphatic rings. The molecule has 0 aliphatic heterocycles. The molecule has 1 amide bonds. The molecule has 0 bridgehead atoms. The molecule has 352 valence electrons. The minimum Gasteiger partial charge on any atom is -0.462 e. The Labute approximate surface area is 368 Å². The number of hydrogen-bond acceptors (Lipinski definition) is 5. The van der Waals surface area contributed by atoms with Crippen LogP contribution in [0.2, 0.25) is 0 Å². The van der Waals surface area contributed by atoms with Gasteiger partial charge in [-0.05, 0) is 25.7 Å². The minimum atomic E-state index is -0.778. The standard InChI is InChI=1S/C53H105NO5/c1-4-7-10-13-16-19-22-24-25-26-27-28-29-31-34-37-40-43-46-53(58)59-49(44-41-38-35-32-21-18-15-12-9-6-3)47-52(57)54-50(48-55)51(56)45-42-39-36-33-30-23-20-17-14-11-8-5-2/h49-51,55-56H,4-48H2,1-3H3,(H,54,57). The van der Waals surface area contributed by atoms with Crippen LogP contribution in [0.25, 0.3) is 0 Å². The summed E-state index contributed by atoms with van der Waals surface area (Å²) in [5.74, 6) is -0.451. The lowest BCUT2D eigenvalue weighted by molar-refractivity contribution is -0.151. The van der Waals surface area contributed by atoms with E-state index in [9.17, 15) is 19.8 Å². The highest BCUT2D eigenvalue weighted by Gasteiger charge is 2.24. The van der Waals surface area contributed by atoms with Crippen LogP contribution in [0, 0.1) is 0 Å². The zero-order chi connectivity index (χ0) is 43.1. The van der Waals surface area contributed by atoms with Gasteiger partial charge >= 0.3 is 5.97 Å². The molecule has 59 heavy (non-hydrogen) atoms. The van der Waals surface area contributed by atoms with Crippen LogP contribution < -0.4 is 5.32 Å². The second-order valence-electron chi connectivity index (χ2n) is 18.6. The van der Waals surface area contributed by atoms with E-state index in [0.29, 0.717) is 19.3 Å². The van der Waals surface area contributed by atoms with Crippen molar-refractivity contribution < 1.29 is 24.5 Å². The maximum atomic E-state index is 13.2. The molecule has 0 aromatic carbocycles. The van der Waals surface area contributed by atoms with E-state index in [-0.39, 0.29) is 24.9 Å². The van der Waals surface area contributed by atoms with Crippen molar-refractivity contribution in [3.05, 3.63) is 0 Å². The number of aliphatic hydroxyl groups excluding tert-OH is 2. The lowest BCUT2D eigenvalue weighted by Gasteiger charge is -2.24. The summed E-state index contributed by atoms with van der Waals surface area (Å²) in [4.78, 5) is 26.1. The van der Waals surface area contributed by atoms with E-state index in [1.807, 2.05) is 0 Å². The zero-order valence-corrected chi connectivity index (χ0v) is 40.2. The molecule has 0 spiro atoms. The van der Waals surface area contributed by atoms with Gasteiger partial charge in [-0.1, -0.05) is 265 Å². The van der Waals surface area contributed by atoms with Crippen molar-refractivity contribution >= 4 is 11.9 Å². The van der Waals surface area contributed by atoms with Crippen LogP contribution in [-0.2, 0) is 14.3 Å². The summed E-state index contributed by atoms with van der Waals surface area (Å²) in [7, 11) is 0. The van der Waals surface area contributed by atoms with Crippen LogP contribution in [-0.4, -0.2) is 46.9 Å². The second kappa shape index (κ2) is 47.9. The summed E-state index contributed by atoms with van der Waals surface area (Å²) in [6.45, 7) is 6.51. The maximum absolute atomic E-state index is 13.2. The Morgan fingerprint density at radius 2 is 0.712 bits per heavy atom. The first-order chi connectivity index (χ1) is 29.0.